The third-order valence-corrected chi connectivity index (χ3v) is 5.20. The van der Waals surface area contributed by atoms with E-state index in [1.165, 1.54) is 26.7 Å². The number of benzene rings is 2. The van der Waals surface area contributed by atoms with Gasteiger partial charge in [0.25, 0.3) is 0 Å². The first-order valence-electron chi connectivity index (χ1n) is 8.87. The van der Waals surface area contributed by atoms with Crippen LogP contribution in [-0.4, -0.2) is 0 Å². The Hall–Kier alpha value is -0.177. The molecule has 1 unspecified atom stereocenters. The maximum absolute atomic E-state index is 4.17. The fourth-order valence-corrected chi connectivity index (χ4v) is 3.69. The monoisotopic (exact) mass is 582 g/mol. The van der Waals surface area contributed by atoms with E-state index in [1.54, 1.807) is 0 Å². The van der Waals surface area contributed by atoms with Crippen LogP contribution in [0.4, 0.5) is 0 Å². The first-order chi connectivity index (χ1) is 13.0. The molecule has 0 spiro atoms. The molecule has 1 atom stereocenters. The Kier molecular flexibility index (Phi) is 13.9. The summed E-state index contributed by atoms with van der Waals surface area (Å²) in [6, 6.07) is 17.9. The van der Waals surface area contributed by atoms with E-state index >= 15 is 0 Å². The molecule has 2 aromatic carbocycles. The van der Waals surface area contributed by atoms with Crippen LogP contribution in [-0.2, 0) is 22.7 Å². The Morgan fingerprint density at radius 2 is 1.72 bits per heavy atom. The van der Waals surface area contributed by atoms with E-state index in [2.05, 4.69) is 118 Å². The Morgan fingerprint density at radius 3 is 2.24 bits per heavy atom. The zero-order valence-electron chi connectivity index (χ0n) is 16.7. The summed E-state index contributed by atoms with van der Waals surface area (Å²) in [4.78, 5) is 0. The van der Waals surface area contributed by atoms with Gasteiger partial charge in [0, 0.05) is 0 Å². The van der Waals surface area contributed by atoms with Gasteiger partial charge in [-0.1, -0.05) is 76.9 Å². The fourth-order valence-electron chi connectivity index (χ4n) is 3.10. The van der Waals surface area contributed by atoms with Gasteiger partial charge in [-0.3, -0.25) is 6.08 Å². The molecule has 2 aliphatic rings. The van der Waals surface area contributed by atoms with Gasteiger partial charge >= 0.3 is 31.5 Å². The summed E-state index contributed by atoms with van der Waals surface area (Å²) in [5.41, 5.74) is 5.60. The van der Waals surface area contributed by atoms with Gasteiger partial charge in [-0.25, -0.2) is 6.08 Å². The van der Waals surface area contributed by atoms with Crippen molar-refractivity contribution in [3.05, 3.63) is 99.6 Å². The number of rotatable bonds is 1. The van der Waals surface area contributed by atoms with Crippen LogP contribution in [0.15, 0.2) is 70.7 Å². The van der Waals surface area contributed by atoms with Gasteiger partial charge in [0.2, 0.25) is 0 Å². The Labute approximate surface area is 214 Å². The topological polar surface area (TPSA) is 0 Å². The molecule has 0 aromatic heterocycles. The first-order valence-corrected chi connectivity index (χ1v) is 13.1. The van der Waals surface area contributed by atoms with Crippen molar-refractivity contribution in [2.45, 2.75) is 33.1 Å². The SMILES string of the molecule is Brc1cc[c-]c2c1C(c1ccccc1)C=C2.CC(C)(C)C1=CC[C-]=C1.[Cl-].[Cl-].[S]=[Zr+2]. The molecule has 0 fully saturated rings. The van der Waals surface area contributed by atoms with Crippen molar-refractivity contribution < 1.29 is 47.5 Å². The van der Waals surface area contributed by atoms with Gasteiger partial charge in [0.05, 0.1) is 0 Å². The summed E-state index contributed by atoms with van der Waals surface area (Å²) in [6.45, 7) is 6.67. The average molecular weight is 586 g/mol. The number of hydrogen-bond donors (Lipinski definition) is 0. The minimum absolute atomic E-state index is 0. The zero-order chi connectivity index (χ0) is 19.9. The van der Waals surface area contributed by atoms with E-state index in [9.17, 15) is 0 Å². The molecule has 2 aromatic rings. The molecular weight excluding hydrogens is 562 g/mol. The predicted molar refractivity (Wildman–Crippen MR) is 118 cm³/mol. The molecule has 2 aliphatic carbocycles. The van der Waals surface area contributed by atoms with Gasteiger partial charge in [0.15, 0.2) is 0 Å². The number of halogens is 3. The van der Waals surface area contributed by atoms with Crippen molar-refractivity contribution in [1.82, 2.24) is 0 Å². The van der Waals surface area contributed by atoms with Crippen LogP contribution >= 0.6 is 24.8 Å². The van der Waals surface area contributed by atoms with Crippen LogP contribution in [0, 0.1) is 17.6 Å². The molecule has 4 rings (SSSR count). The van der Waals surface area contributed by atoms with Crippen molar-refractivity contribution in [3.8, 4) is 0 Å². The van der Waals surface area contributed by atoms with E-state index in [-0.39, 0.29) is 24.8 Å². The Morgan fingerprint density at radius 1 is 1.07 bits per heavy atom. The van der Waals surface area contributed by atoms with Crippen LogP contribution < -0.4 is 24.8 Å². The second-order valence-corrected chi connectivity index (χ2v) is 8.22. The maximum atomic E-state index is 4.17. The number of fused-ring (bicyclic) bond motifs is 1. The molecule has 0 amide bonds. The standard InChI is InChI=1S/C15H10Br.C9H13.2ClH.S.Zr/c16-14-8-4-7-12-9-10-13(15(12)14)11-5-2-1-3-6-11;1-9(2,3)8-6-4-5-7-8;;;;/h1-6,8-10,13H;6-7H,4H2,1-3H3;2*1H;;/q2*-1;;;;+2/p-2. The van der Waals surface area contributed by atoms with Crippen LogP contribution in [0.5, 0.6) is 0 Å². The van der Waals surface area contributed by atoms with Gasteiger partial charge in [-0.2, -0.15) is 11.6 Å². The molecule has 0 aliphatic heterocycles. The van der Waals surface area contributed by atoms with Crippen LogP contribution in [0.1, 0.15) is 49.8 Å². The van der Waals surface area contributed by atoms with Gasteiger partial charge in [-0.05, 0) is 11.5 Å². The molecule has 0 heterocycles. The molecular formula is C24H23BrCl2SZr-2. The van der Waals surface area contributed by atoms with Crippen molar-refractivity contribution in [1.29, 1.82) is 0 Å². The molecule has 152 valence electrons. The third-order valence-electron chi connectivity index (χ3n) is 4.50. The molecule has 0 bridgehead atoms. The fraction of sp³-hybridized carbons (Fsp3) is 0.250. The summed E-state index contributed by atoms with van der Waals surface area (Å²) < 4.78 is 1.17. The van der Waals surface area contributed by atoms with Gasteiger partial charge in [0.1, 0.15) is 0 Å². The minimum atomic E-state index is 0. The predicted octanol–water partition coefficient (Wildman–Crippen LogP) is 1.78. The molecule has 0 N–H and O–H groups in total. The van der Waals surface area contributed by atoms with E-state index < -0.39 is 0 Å². The molecule has 29 heavy (non-hydrogen) atoms. The summed E-state index contributed by atoms with van der Waals surface area (Å²) in [7, 11) is 4.17. The van der Waals surface area contributed by atoms with Crippen molar-refractivity contribution >= 4 is 30.9 Å². The van der Waals surface area contributed by atoms with E-state index in [0.29, 0.717) is 11.3 Å². The zero-order valence-corrected chi connectivity index (χ0v) is 23.0. The second-order valence-electron chi connectivity index (χ2n) is 7.36. The van der Waals surface area contributed by atoms with Gasteiger partial charge in [-0.15, -0.1) is 47.9 Å². The third kappa shape index (κ3) is 8.11. The van der Waals surface area contributed by atoms with Crippen molar-refractivity contribution in [2.75, 3.05) is 0 Å². The van der Waals surface area contributed by atoms with Gasteiger partial charge < -0.3 is 24.8 Å². The average Bonchev–Trinajstić information content (AvgIpc) is 3.35. The second kappa shape index (κ2) is 14.0. The Bertz CT molecular complexity index is 855. The Balaban J connectivity index is 0.000000524. The van der Waals surface area contributed by atoms with E-state index in [1.807, 2.05) is 6.07 Å². The van der Waals surface area contributed by atoms with Crippen molar-refractivity contribution in [2.24, 2.45) is 5.41 Å². The molecule has 0 nitrogen and oxygen atoms in total. The summed E-state index contributed by atoms with van der Waals surface area (Å²) in [6.07, 6.45) is 12.9. The molecule has 0 saturated carbocycles. The molecule has 0 radical (unpaired) electrons. The van der Waals surface area contributed by atoms with Crippen LogP contribution in [0.3, 0.4) is 0 Å². The summed E-state index contributed by atoms with van der Waals surface area (Å²) in [5.74, 6) is 0.364. The van der Waals surface area contributed by atoms with Crippen LogP contribution in [0.2, 0.25) is 0 Å². The first kappa shape index (κ1) is 28.8. The van der Waals surface area contributed by atoms with E-state index in [0.717, 1.165) is 29.1 Å². The summed E-state index contributed by atoms with van der Waals surface area (Å²) in [5, 5.41) is 0. The summed E-state index contributed by atoms with van der Waals surface area (Å²) >= 11 is 4.76. The van der Waals surface area contributed by atoms with E-state index in [4.69, 9.17) is 0 Å². The number of allylic oxidation sites excluding steroid dienone is 5. The van der Waals surface area contributed by atoms with Crippen LogP contribution in [0.25, 0.3) is 6.08 Å². The normalized spacial score (nSPS) is 15.5. The molecule has 0 saturated heterocycles. The van der Waals surface area contributed by atoms with Crippen molar-refractivity contribution in [3.63, 3.8) is 0 Å². The number of hydrogen-bond acceptors (Lipinski definition) is 1. The molecule has 5 heteroatoms. The quantitative estimate of drug-likeness (QED) is 0.461.